The summed E-state index contributed by atoms with van der Waals surface area (Å²) in [5, 5.41) is 13.7. The molecule has 4 nitrogen and oxygen atoms in total. The lowest BCUT2D eigenvalue weighted by atomic mass is 10.0. The fraction of sp³-hybridized carbons (Fsp3) is 0.150. The second-order valence-corrected chi connectivity index (χ2v) is 6.08. The van der Waals surface area contributed by atoms with Crippen LogP contribution in [0, 0.1) is 0 Å². The molecule has 0 saturated heterocycles. The van der Waals surface area contributed by atoms with Crippen LogP contribution in [0.5, 0.6) is 11.5 Å². The zero-order valence-corrected chi connectivity index (χ0v) is 13.4. The van der Waals surface area contributed by atoms with Crippen LogP contribution < -0.4 is 10.4 Å². The Morgan fingerprint density at radius 2 is 1.79 bits per heavy atom. The van der Waals surface area contributed by atoms with Crippen molar-refractivity contribution in [2.45, 2.75) is 20.0 Å². The molecule has 0 atom stereocenters. The van der Waals surface area contributed by atoms with Gasteiger partial charge in [0.05, 0.1) is 6.10 Å². The molecule has 1 heterocycles. The van der Waals surface area contributed by atoms with Crippen molar-refractivity contribution in [1.82, 2.24) is 0 Å². The molecule has 0 spiro atoms. The first-order valence-corrected chi connectivity index (χ1v) is 7.82. The molecule has 0 radical (unpaired) electrons. The molecule has 0 amide bonds. The number of fused-ring (bicyclic) bond motifs is 4. The molecule has 0 unspecified atom stereocenters. The zero-order valence-electron chi connectivity index (χ0n) is 13.4. The Bertz CT molecular complexity index is 1140. The summed E-state index contributed by atoms with van der Waals surface area (Å²) in [6.07, 6.45) is 0.0302. The molecule has 4 rings (SSSR count). The van der Waals surface area contributed by atoms with E-state index in [1.165, 1.54) is 0 Å². The predicted octanol–water partition coefficient (Wildman–Crippen LogP) is 4.59. The van der Waals surface area contributed by atoms with Crippen molar-refractivity contribution < 1.29 is 14.3 Å². The minimum atomic E-state index is -0.553. The van der Waals surface area contributed by atoms with Gasteiger partial charge in [0, 0.05) is 22.2 Å². The van der Waals surface area contributed by atoms with E-state index < -0.39 is 5.63 Å². The van der Waals surface area contributed by atoms with Crippen molar-refractivity contribution in [3.63, 3.8) is 0 Å². The number of hydrogen-bond donors (Lipinski definition) is 1. The molecule has 1 N–H and O–H groups in total. The molecule has 3 aromatic carbocycles. The van der Waals surface area contributed by atoms with Crippen LogP contribution in [0.3, 0.4) is 0 Å². The Hall–Kier alpha value is -3.01. The van der Waals surface area contributed by atoms with Crippen LogP contribution in [0.1, 0.15) is 13.8 Å². The van der Waals surface area contributed by atoms with Gasteiger partial charge < -0.3 is 14.3 Å². The SMILES string of the molecule is CC(C)Oc1ccc2c(c1)oc(=O)c1c(O)c3ccccc3cc12. The highest BCUT2D eigenvalue weighted by Gasteiger charge is 2.15. The summed E-state index contributed by atoms with van der Waals surface area (Å²) >= 11 is 0. The average molecular weight is 320 g/mol. The monoisotopic (exact) mass is 320 g/mol. The maximum atomic E-state index is 12.4. The summed E-state index contributed by atoms with van der Waals surface area (Å²) in [5.41, 5.74) is -0.109. The summed E-state index contributed by atoms with van der Waals surface area (Å²) in [4.78, 5) is 12.4. The molecule has 0 aliphatic rings. The summed E-state index contributed by atoms with van der Waals surface area (Å²) in [7, 11) is 0. The second kappa shape index (κ2) is 5.27. The lowest BCUT2D eigenvalue weighted by Crippen LogP contribution is -2.06. The number of benzene rings is 3. The van der Waals surface area contributed by atoms with Gasteiger partial charge >= 0.3 is 5.63 Å². The zero-order chi connectivity index (χ0) is 16.8. The van der Waals surface area contributed by atoms with Gasteiger partial charge in [-0.15, -0.1) is 0 Å². The fourth-order valence-electron chi connectivity index (χ4n) is 3.05. The topological polar surface area (TPSA) is 59.7 Å². The number of hydrogen-bond acceptors (Lipinski definition) is 4. The molecule has 4 heteroatoms. The van der Waals surface area contributed by atoms with E-state index in [9.17, 15) is 9.90 Å². The highest BCUT2D eigenvalue weighted by Crippen LogP contribution is 2.36. The molecule has 120 valence electrons. The summed E-state index contributed by atoms with van der Waals surface area (Å²) < 4.78 is 11.1. The Morgan fingerprint density at radius 3 is 2.58 bits per heavy atom. The minimum absolute atomic E-state index is 0.0302. The van der Waals surface area contributed by atoms with Gasteiger partial charge in [-0.1, -0.05) is 24.3 Å². The third-order valence-corrected chi connectivity index (χ3v) is 4.04. The highest BCUT2D eigenvalue weighted by molar-refractivity contribution is 6.13. The molecular formula is C20H16O4. The molecule has 4 aromatic rings. The molecule has 0 bridgehead atoms. The van der Waals surface area contributed by atoms with Crippen LogP contribution in [-0.2, 0) is 0 Å². The van der Waals surface area contributed by atoms with Gasteiger partial charge in [-0.3, -0.25) is 0 Å². The van der Waals surface area contributed by atoms with E-state index in [0.717, 1.165) is 10.8 Å². The maximum absolute atomic E-state index is 12.4. The minimum Gasteiger partial charge on any atom is -0.506 e. The van der Waals surface area contributed by atoms with Crippen molar-refractivity contribution in [3.05, 3.63) is 59.0 Å². The van der Waals surface area contributed by atoms with E-state index in [0.29, 0.717) is 22.1 Å². The van der Waals surface area contributed by atoms with Crippen LogP contribution >= 0.6 is 0 Å². The van der Waals surface area contributed by atoms with E-state index in [4.69, 9.17) is 9.15 Å². The van der Waals surface area contributed by atoms with E-state index in [1.807, 2.05) is 50.2 Å². The molecule has 1 aromatic heterocycles. The van der Waals surface area contributed by atoms with Crippen LogP contribution in [0.2, 0.25) is 0 Å². The average Bonchev–Trinajstić information content (AvgIpc) is 2.54. The van der Waals surface area contributed by atoms with Crippen molar-refractivity contribution in [1.29, 1.82) is 0 Å². The van der Waals surface area contributed by atoms with Crippen LogP contribution in [0.25, 0.3) is 32.5 Å². The van der Waals surface area contributed by atoms with Crippen molar-refractivity contribution >= 4 is 32.5 Å². The van der Waals surface area contributed by atoms with Gasteiger partial charge in [-0.25, -0.2) is 4.79 Å². The summed E-state index contributed by atoms with van der Waals surface area (Å²) in [6.45, 7) is 3.87. The second-order valence-electron chi connectivity index (χ2n) is 6.08. The Morgan fingerprint density at radius 1 is 1.00 bits per heavy atom. The molecule has 0 aliphatic heterocycles. The lowest BCUT2D eigenvalue weighted by molar-refractivity contribution is 0.242. The third kappa shape index (κ3) is 2.19. The maximum Gasteiger partial charge on any atom is 0.348 e. The van der Waals surface area contributed by atoms with Gasteiger partial charge in [-0.2, -0.15) is 0 Å². The van der Waals surface area contributed by atoms with Crippen molar-refractivity contribution in [3.8, 4) is 11.5 Å². The Kier molecular flexibility index (Phi) is 3.20. The molecule has 24 heavy (non-hydrogen) atoms. The first-order valence-electron chi connectivity index (χ1n) is 7.82. The van der Waals surface area contributed by atoms with Crippen LogP contribution in [0.15, 0.2) is 57.7 Å². The first kappa shape index (κ1) is 14.6. The molecule has 0 aliphatic carbocycles. The van der Waals surface area contributed by atoms with Gasteiger partial charge in [0.1, 0.15) is 22.5 Å². The van der Waals surface area contributed by atoms with Gasteiger partial charge in [0.15, 0.2) is 0 Å². The quantitative estimate of drug-likeness (QED) is 0.333. The number of phenols is 1. The molecular weight excluding hydrogens is 304 g/mol. The van der Waals surface area contributed by atoms with Gasteiger partial charge in [0.2, 0.25) is 0 Å². The fourth-order valence-corrected chi connectivity index (χ4v) is 3.05. The third-order valence-electron chi connectivity index (χ3n) is 4.04. The number of aromatic hydroxyl groups is 1. The van der Waals surface area contributed by atoms with Crippen molar-refractivity contribution in [2.24, 2.45) is 0 Å². The van der Waals surface area contributed by atoms with Crippen LogP contribution in [-0.4, -0.2) is 11.2 Å². The summed E-state index contributed by atoms with van der Waals surface area (Å²) in [5.74, 6) is 0.603. The van der Waals surface area contributed by atoms with E-state index >= 15 is 0 Å². The van der Waals surface area contributed by atoms with Gasteiger partial charge in [0.25, 0.3) is 0 Å². The lowest BCUT2D eigenvalue weighted by Gasteiger charge is -2.11. The number of phenolic OH excluding ortho intramolecular Hbond substituents is 1. The van der Waals surface area contributed by atoms with Gasteiger partial charge in [-0.05, 0) is 37.4 Å². The predicted molar refractivity (Wildman–Crippen MR) is 94.9 cm³/mol. The Labute approximate surface area is 137 Å². The molecule has 0 saturated carbocycles. The normalized spacial score (nSPS) is 11.6. The standard InChI is InChI=1S/C20H16O4/c1-11(2)23-13-7-8-15-16-9-12-5-3-4-6-14(12)19(21)18(16)20(22)24-17(15)10-13/h3-11,21H,1-2H3. The van der Waals surface area contributed by atoms with E-state index in [-0.39, 0.29) is 17.2 Å². The molecule has 0 fully saturated rings. The van der Waals surface area contributed by atoms with Crippen molar-refractivity contribution in [2.75, 3.05) is 0 Å². The van der Waals surface area contributed by atoms with E-state index in [2.05, 4.69) is 0 Å². The first-order chi connectivity index (χ1) is 11.5. The highest BCUT2D eigenvalue weighted by atomic mass is 16.5. The Balaban J connectivity index is 2.12. The number of ether oxygens (including phenoxy) is 1. The summed E-state index contributed by atoms with van der Waals surface area (Å²) in [6, 6.07) is 14.7. The van der Waals surface area contributed by atoms with Crippen LogP contribution in [0.4, 0.5) is 0 Å². The number of rotatable bonds is 2. The smallest absolute Gasteiger partial charge is 0.348 e. The van der Waals surface area contributed by atoms with E-state index in [1.54, 1.807) is 12.1 Å². The largest absolute Gasteiger partial charge is 0.506 e.